The second-order valence-electron chi connectivity index (χ2n) is 7.10. The molecule has 1 saturated carbocycles. The summed E-state index contributed by atoms with van der Waals surface area (Å²) in [5.41, 5.74) is 0.667. The van der Waals surface area contributed by atoms with E-state index in [2.05, 4.69) is 23.8 Å². The molecule has 3 nitrogen and oxygen atoms in total. The van der Waals surface area contributed by atoms with Crippen LogP contribution in [0.4, 0.5) is 0 Å². The quantitative estimate of drug-likeness (QED) is 0.759. The highest BCUT2D eigenvalue weighted by atomic mass is 16.5. The molecule has 2 saturated heterocycles. The van der Waals surface area contributed by atoms with E-state index in [4.69, 9.17) is 4.74 Å². The highest BCUT2D eigenvalue weighted by molar-refractivity contribution is 5.04. The molecule has 0 aromatic rings. The summed E-state index contributed by atoms with van der Waals surface area (Å²) in [6.45, 7) is 9.64. The van der Waals surface area contributed by atoms with E-state index in [0.717, 1.165) is 19.1 Å². The van der Waals surface area contributed by atoms with Crippen molar-refractivity contribution in [3.8, 4) is 0 Å². The minimum absolute atomic E-state index is 0.572. The molecule has 1 spiro atoms. The van der Waals surface area contributed by atoms with Gasteiger partial charge < -0.3 is 14.5 Å². The van der Waals surface area contributed by atoms with Crippen molar-refractivity contribution in [2.75, 3.05) is 46.4 Å². The van der Waals surface area contributed by atoms with Crippen LogP contribution in [0.1, 0.15) is 32.6 Å². The normalized spacial score (nSPS) is 30.3. The third-order valence-corrected chi connectivity index (χ3v) is 5.17. The molecule has 1 aliphatic carbocycles. The first kappa shape index (κ1) is 12.9. The van der Waals surface area contributed by atoms with Gasteiger partial charge in [0, 0.05) is 25.0 Å². The van der Waals surface area contributed by atoms with Crippen LogP contribution >= 0.6 is 0 Å². The number of likely N-dealkylation sites (tertiary alicyclic amines) is 2. The van der Waals surface area contributed by atoms with Gasteiger partial charge in [0.25, 0.3) is 0 Å². The third kappa shape index (κ3) is 2.73. The molecular weight excluding hydrogens is 224 g/mol. The number of ether oxygens (including phenoxy) is 1. The average molecular weight is 252 g/mol. The molecule has 0 amide bonds. The van der Waals surface area contributed by atoms with E-state index in [1.165, 1.54) is 51.9 Å². The summed E-state index contributed by atoms with van der Waals surface area (Å²) >= 11 is 0. The Kier molecular flexibility index (Phi) is 3.65. The van der Waals surface area contributed by atoms with Crippen molar-refractivity contribution in [2.45, 2.75) is 38.7 Å². The molecule has 3 aliphatic rings. The molecule has 0 aromatic heterocycles. The van der Waals surface area contributed by atoms with Gasteiger partial charge in [0.1, 0.15) is 0 Å². The van der Waals surface area contributed by atoms with Crippen LogP contribution in [0.5, 0.6) is 0 Å². The molecule has 0 bridgehead atoms. The van der Waals surface area contributed by atoms with Crippen LogP contribution in [0.2, 0.25) is 0 Å². The standard InChI is InChI=1S/C15H28N2O/c1-13-3-5-17(6-4-13)7-8-18-14-9-15(10-14)11-16(2)12-15/h13-14H,3-12H2,1-2H3. The maximum absolute atomic E-state index is 6.01. The fourth-order valence-corrected chi connectivity index (χ4v) is 4.02. The Balaban J connectivity index is 1.26. The van der Waals surface area contributed by atoms with Crippen molar-refractivity contribution in [1.29, 1.82) is 0 Å². The fourth-order valence-electron chi connectivity index (χ4n) is 4.02. The molecule has 0 radical (unpaired) electrons. The molecule has 0 unspecified atom stereocenters. The van der Waals surface area contributed by atoms with Crippen LogP contribution in [0.15, 0.2) is 0 Å². The zero-order valence-corrected chi connectivity index (χ0v) is 12.0. The van der Waals surface area contributed by atoms with E-state index in [-0.39, 0.29) is 0 Å². The molecule has 104 valence electrons. The maximum atomic E-state index is 6.01. The Hall–Kier alpha value is -0.120. The summed E-state index contributed by atoms with van der Waals surface area (Å²) < 4.78 is 6.01. The molecule has 0 atom stereocenters. The van der Waals surface area contributed by atoms with Crippen molar-refractivity contribution in [3.63, 3.8) is 0 Å². The summed E-state index contributed by atoms with van der Waals surface area (Å²) in [4.78, 5) is 5.00. The van der Waals surface area contributed by atoms with Crippen molar-refractivity contribution in [3.05, 3.63) is 0 Å². The zero-order valence-electron chi connectivity index (χ0n) is 12.0. The van der Waals surface area contributed by atoms with Gasteiger partial charge in [-0.2, -0.15) is 0 Å². The summed E-state index contributed by atoms with van der Waals surface area (Å²) in [6, 6.07) is 0. The van der Waals surface area contributed by atoms with Crippen molar-refractivity contribution in [2.24, 2.45) is 11.3 Å². The minimum atomic E-state index is 0.572. The van der Waals surface area contributed by atoms with Crippen LogP contribution in [0.25, 0.3) is 0 Å². The van der Waals surface area contributed by atoms with Gasteiger partial charge in [-0.15, -0.1) is 0 Å². The predicted octanol–water partition coefficient (Wildman–Crippen LogP) is 1.83. The highest BCUT2D eigenvalue weighted by Crippen LogP contribution is 2.48. The van der Waals surface area contributed by atoms with Crippen LogP contribution in [0, 0.1) is 11.3 Å². The summed E-state index contributed by atoms with van der Waals surface area (Å²) in [5.74, 6) is 0.935. The summed E-state index contributed by atoms with van der Waals surface area (Å²) in [5, 5.41) is 0. The van der Waals surface area contributed by atoms with E-state index in [0.29, 0.717) is 11.5 Å². The Labute approximate surface area is 111 Å². The first-order chi connectivity index (χ1) is 8.65. The van der Waals surface area contributed by atoms with Crippen LogP contribution in [0.3, 0.4) is 0 Å². The second-order valence-corrected chi connectivity index (χ2v) is 7.10. The number of hydrogen-bond acceptors (Lipinski definition) is 3. The lowest BCUT2D eigenvalue weighted by Crippen LogP contribution is -2.62. The Morgan fingerprint density at radius 2 is 1.83 bits per heavy atom. The number of nitrogens with zero attached hydrogens (tertiary/aromatic N) is 2. The molecule has 3 heteroatoms. The van der Waals surface area contributed by atoms with E-state index < -0.39 is 0 Å². The van der Waals surface area contributed by atoms with Gasteiger partial charge >= 0.3 is 0 Å². The molecule has 0 N–H and O–H groups in total. The Morgan fingerprint density at radius 1 is 1.17 bits per heavy atom. The first-order valence-corrected chi connectivity index (χ1v) is 7.68. The van der Waals surface area contributed by atoms with Gasteiger partial charge in [0.15, 0.2) is 0 Å². The molecule has 2 aliphatic heterocycles. The average Bonchev–Trinajstić information content (AvgIpc) is 2.26. The molecule has 3 rings (SSSR count). The first-order valence-electron chi connectivity index (χ1n) is 7.68. The van der Waals surface area contributed by atoms with Gasteiger partial charge in [-0.05, 0) is 51.7 Å². The molecule has 3 fully saturated rings. The lowest BCUT2D eigenvalue weighted by Gasteiger charge is -2.58. The summed E-state index contributed by atoms with van der Waals surface area (Å²) in [6.07, 6.45) is 5.95. The van der Waals surface area contributed by atoms with Gasteiger partial charge in [-0.25, -0.2) is 0 Å². The number of rotatable bonds is 4. The highest BCUT2D eigenvalue weighted by Gasteiger charge is 2.51. The second kappa shape index (κ2) is 5.10. The van der Waals surface area contributed by atoms with Crippen LogP contribution in [-0.4, -0.2) is 62.3 Å². The Bertz CT molecular complexity index is 272. The monoisotopic (exact) mass is 252 g/mol. The predicted molar refractivity (Wildman–Crippen MR) is 73.7 cm³/mol. The van der Waals surface area contributed by atoms with E-state index in [1.807, 2.05) is 0 Å². The lowest BCUT2D eigenvalue weighted by molar-refractivity contribution is -0.145. The van der Waals surface area contributed by atoms with Crippen molar-refractivity contribution in [1.82, 2.24) is 9.80 Å². The molecule has 2 heterocycles. The number of hydrogen-bond donors (Lipinski definition) is 0. The zero-order chi connectivity index (χ0) is 12.6. The fraction of sp³-hybridized carbons (Fsp3) is 1.00. The van der Waals surface area contributed by atoms with Crippen LogP contribution in [-0.2, 0) is 4.74 Å². The molecular formula is C15H28N2O. The van der Waals surface area contributed by atoms with E-state index in [1.54, 1.807) is 0 Å². The third-order valence-electron chi connectivity index (χ3n) is 5.17. The van der Waals surface area contributed by atoms with Gasteiger partial charge in [-0.3, -0.25) is 0 Å². The molecule has 18 heavy (non-hydrogen) atoms. The van der Waals surface area contributed by atoms with Gasteiger partial charge in [0.05, 0.1) is 12.7 Å². The van der Waals surface area contributed by atoms with Crippen molar-refractivity contribution < 1.29 is 4.74 Å². The van der Waals surface area contributed by atoms with E-state index in [9.17, 15) is 0 Å². The lowest BCUT2D eigenvalue weighted by atomic mass is 9.62. The Morgan fingerprint density at radius 3 is 2.44 bits per heavy atom. The van der Waals surface area contributed by atoms with Crippen LogP contribution < -0.4 is 0 Å². The van der Waals surface area contributed by atoms with Crippen molar-refractivity contribution >= 4 is 0 Å². The van der Waals surface area contributed by atoms with Gasteiger partial charge in [0.2, 0.25) is 0 Å². The molecule has 0 aromatic carbocycles. The SMILES string of the molecule is CC1CCN(CCOC2CC3(C2)CN(C)C3)CC1. The van der Waals surface area contributed by atoms with E-state index >= 15 is 0 Å². The number of piperidine rings is 1. The smallest absolute Gasteiger partial charge is 0.0597 e. The summed E-state index contributed by atoms with van der Waals surface area (Å²) in [7, 11) is 2.22. The van der Waals surface area contributed by atoms with Gasteiger partial charge in [-0.1, -0.05) is 6.92 Å². The minimum Gasteiger partial charge on any atom is -0.377 e. The topological polar surface area (TPSA) is 15.7 Å². The maximum Gasteiger partial charge on any atom is 0.0597 e. The largest absolute Gasteiger partial charge is 0.377 e.